The molecular weight excluding hydrogens is 277 g/mol. The predicted molar refractivity (Wildman–Crippen MR) is 74.3 cm³/mol. The minimum Gasteiger partial charge on any atom is -0.480 e. The lowest BCUT2D eigenvalue weighted by Gasteiger charge is -2.33. The number of carboxylic acids is 1. The Morgan fingerprint density at radius 2 is 1.76 bits per heavy atom. The Balaban J connectivity index is 1.74. The van der Waals surface area contributed by atoms with Crippen molar-refractivity contribution in [1.29, 1.82) is 0 Å². The number of urea groups is 1. The molecule has 0 aliphatic carbocycles. The van der Waals surface area contributed by atoms with Crippen molar-refractivity contribution in [2.45, 2.75) is 6.54 Å². The van der Waals surface area contributed by atoms with Crippen LogP contribution in [-0.4, -0.2) is 59.6 Å². The Bertz CT molecular complexity index is 499. The van der Waals surface area contributed by atoms with Crippen molar-refractivity contribution in [3.63, 3.8) is 0 Å². The number of nitrogens with zero attached hydrogens (tertiary/aromatic N) is 2. The van der Waals surface area contributed by atoms with E-state index in [2.05, 4.69) is 5.32 Å². The van der Waals surface area contributed by atoms with Gasteiger partial charge in [-0.1, -0.05) is 12.1 Å². The highest BCUT2D eigenvalue weighted by atomic mass is 19.1. The molecule has 0 saturated carbocycles. The van der Waals surface area contributed by atoms with Crippen LogP contribution in [0, 0.1) is 5.82 Å². The first-order chi connectivity index (χ1) is 10.0. The SMILES string of the molecule is O=C(O)CN1CCN(C(=O)NCc2ccc(F)cc2)CC1. The van der Waals surface area contributed by atoms with Gasteiger partial charge >= 0.3 is 12.0 Å². The first-order valence-electron chi connectivity index (χ1n) is 6.76. The van der Waals surface area contributed by atoms with Crippen molar-refractivity contribution in [3.05, 3.63) is 35.6 Å². The standard InChI is InChI=1S/C14H18FN3O3/c15-12-3-1-11(2-4-12)9-16-14(21)18-7-5-17(6-8-18)10-13(19)20/h1-4H,5-10H2,(H,16,21)(H,19,20). The monoisotopic (exact) mass is 295 g/mol. The molecule has 6 nitrogen and oxygen atoms in total. The van der Waals surface area contributed by atoms with Gasteiger partial charge in [0.1, 0.15) is 5.82 Å². The van der Waals surface area contributed by atoms with Gasteiger partial charge < -0.3 is 15.3 Å². The van der Waals surface area contributed by atoms with Crippen molar-refractivity contribution >= 4 is 12.0 Å². The average Bonchev–Trinajstić information content (AvgIpc) is 2.46. The number of nitrogens with one attached hydrogen (secondary N) is 1. The number of carbonyl (C=O) groups excluding carboxylic acids is 1. The van der Waals surface area contributed by atoms with E-state index in [0.29, 0.717) is 32.7 Å². The smallest absolute Gasteiger partial charge is 0.317 e. The average molecular weight is 295 g/mol. The van der Waals surface area contributed by atoms with Crippen LogP contribution in [0.2, 0.25) is 0 Å². The molecule has 0 unspecified atom stereocenters. The molecule has 1 heterocycles. The second-order valence-corrected chi connectivity index (χ2v) is 4.94. The molecule has 2 amide bonds. The van der Waals surface area contributed by atoms with Crippen molar-refractivity contribution in [2.24, 2.45) is 0 Å². The Kier molecular flexibility index (Phi) is 5.10. The summed E-state index contributed by atoms with van der Waals surface area (Å²) in [6.45, 7) is 2.46. The molecule has 7 heteroatoms. The zero-order valence-corrected chi connectivity index (χ0v) is 11.6. The van der Waals surface area contributed by atoms with Crippen LogP contribution < -0.4 is 5.32 Å². The summed E-state index contributed by atoms with van der Waals surface area (Å²) < 4.78 is 12.8. The van der Waals surface area contributed by atoms with Crippen LogP contribution in [0.1, 0.15) is 5.56 Å². The third kappa shape index (κ3) is 4.71. The summed E-state index contributed by atoms with van der Waals surface area (Å²) in [5.41, 5.74) is 0.828. The van der Waals surface area contributed by atoms with Crippen molar-refractivity contribution in [1.82, 2.24) is 15.1 Å². The van der Waals surface area contributed by atoms with E-state index in [1.807, 2.05) is 0 Å². The number of carboxylic acid groups (broad SMARTS) is 1. The van der Waals surface area contributed by atoms with Crippen molar-refractivity contribution < 1.29 is 19.1 Å². The van der Waals surface area contributed by atoms with Crippen molar-refractivity contribution in [2.75, 3.05) is 32.7 Å². The molecule has 0 aromatic heterocycles. The Morgan fingerprint density at radius 1 is 1.14 bits per heavy atom. The van der Waals surface area contributed by atoms with Crippen LogP contribution in [0.5, 0.6) is 0 Å². The highest BCUT2D eigenvalue weighted by Crippen LogP contribution is 2.04. The topological polar surface area (TPSA) is 72.9 Å². The molecule has 0 radical (unpaired) electrons. The fourth-order valence-electron chi connectivity index (χ4n) is 2.19. The van der Waals surface area contributed by atoms with Gasteiger partial charge in [0.2, 0.25) is 0 Å². The summed E-state index contributed by atoms with van der Waals surface area (Å²) >= 11 is 0. The molecule has 1 saturated heterocycles. The largest absolute Gasteiger partial charge is 0.480 e. The predicted octanol–water partition coefficient (Wildman–Crippen LogP) is 0.738. The maximum atomic E-state index is 12.8. The number of rotatable bonds is 4. The summed E-state index contributed by atoms with van der Waals surface area (Å²) in [5.74, 6) is -1.16. The summed E-state index contributed by atoms with van der Waals surface area (Å²) in [6.07, 6.45) is 0. The molecule has 1 aromatic rings. The van der Waals surface area contributed by atoms with E-state index < -0.39 is 5.97 Å². The summed E-state index contributed by atoms with van der Waals surface area (Å²) in [5, 5.41) is 11.5. The fraction of sp³-hybridized carbons (Fsp3) is 0.429. The Labute approximate surface area is 122 Å². The van der Waals surface area contributed by atoms with E-state index in [4.69, 9.17) is 5.11 Å². The van der Waals surface area contributed by atoms with Gasteiger partial charge in [0.05, 0.1) is 6.54 Å². The molecule has 0 atom stereocenters. The number of benzene rings is 1. The van der Waals surface area contributed by atoms with Gasteiger partial charge in [-0.15, -0.1) is 0 Å². The van der Waals surface area contributed by atoms with E-state index in [0.717, 1.165) is 5.56 Å². The lowest BCUT2D eigenvalue weighted by molar-refractivity contribution is -0.138. The van der Waals surface area contributed by atoms with Crippen LogP contribution in [0.25, 0.3) is 0 Å². The second kappa shape index (κ2) is 7.03. The third-order valence-electron chi connectivity index (χ3n) is 3.38. The van der Waals surface area contributed by atoms with Gasteiger partial charge in [-0.3, -0.25) is 9.69 Å². The minimum atomic E-state index is -0.857. The molecular formula is C14H18FN3O3. The lowest BCUT2D eigenvalue weighted by Crippen LogP contribution is -2.52. The molecule has 0 spiro atoms. The summed E-state index contributed by atoms with van der Waals surface area (Å²) in [6, 6.07) is 5.77. The molecule has 0 bridgehead atoms. The third-order valence-corrected chi connectivity index (χ3v) is 3.38. The fourth-order valence-corrected chi connectivity index (χ4v) is 2.19. The zero-order valence-electron chi connectivity index (χ0n) is 11.6. The molecule has 114 valence electrons. The maximum absolute atomic E-state index is 12.8. The zero-order chi connectivity index (χ0) is 15.2. The highest BCUT2D eigenvalue weighted by Gasteiger charge is 2.21. The number of piperazine rings is 1. The van der Waals surface area contributed by atoms with Gasteiger partial charge in [-0.2, -0.15) is 0 Å². The van der Waals surface area contributed by atoms with E-state index in [-0.39, 0.29) is 18.4 Å². The van der Waals surface area contributed by atoms with E-state index in [9.17, 15) is 14.0 Å². The van der Waals surface area contributed by atoms with E-state index in [1.54, 1.807) is 21.9 Å². The van der Waals surface area contributed by atoms with Gasteiger partial charge in [-0.25, -0.2) is 9.18 Å². The number of carbonyl (C=O) groups is 2. The van der Waals surface area contributed by atoms with Crippen LogP contribution >= 0.6 is 0 Å². The number of amides is 2. The van der Waals surface area contributed by atoms with Gasteiger partial charge in [0.25, 0.3) is 0 Å². The van der Waals surface area contributed by atoms with E-state index in [1.165, 1.54) is 12.1 Å². The maximum Gasteiger partial charge on any atom is 0.317 e. The number of hydrogen-bond acceptors (Lipinski definition) is 3. The first-order valence-corrected chi connectivity index (χ1v) is 6.76. The van der Waals surface area contributed by atoms with Crippen LogP contribution in [0.3, 0.4) is 0 Å². The number of halogens is 1. The molecule has 1 aliphatic heterocycles. The first kappa shape index (κ1) is 15.2. The molecule has 2 rings (SSSR count). The van der Waals surface area contributed by atoms with Crippen LogP contribution in [0.4, 0.5) is 9.18 Å². The quantitative estimate of drug-likeness (QED) is 0.859. The summed E-state index contributed by atoms with van der Waals surface area (Å²) in [4.78, 5) is 26.0. The molecule has 1 aromatic carbocycles. The molecule has 1 fully saturated rings. The molecule has 1 aliphatic rings. The van der Waals surface area contributed by atoms with Crippen molar-refractivity contribution in [3.8, 4) is 0 Å². The van der Waals surface area contributed by atoms with Crippen LogP contribution in [-0.2, 0) is 11.3 Å². The summed E-state index contributed by atoms with van der Waals surface area (Å²) in [7, 11) is 0. The Morgan fingerprint density at radius 3 is 2.33 bits per heavy atom. The number of hydrogen-bond donors (Lipinski definition) is 2. The Hall–Kier alpha value is -2.15. The molecule has 21 heavy (non-hydrogen) atoms. The van der Waals surface area contributed by atoms with Gasteiger partial charge in [-0.05, 0) is 17.7 Å². The van der Waals surface area contributed by atoms with E-state index >= 15 is 0 Å². The van der Waals surface area contributed by atoms with Gasteiger partial charge in [0.15, 0.2) is 0 Å². The van der Waals surface area contributed by atoms with Gasteiger partial charge in [0, 0.05) is 32.7 Å². The minimum absolute atomic E-state index is 0.00500. The second-order valence-electron chi connectivity index (χ2n) is 4.94. The number of aliphatic carboxylic acids is 1. The highest BCUT2D eigenvalue weighted by molar-refractivity contribution is 5.74. The molecule has 2 N–H and O–H groups in total. The van der Waals surface area contributed by atoms with Crippen LogP contribution in [0.15, 0.2) is 24.3 Å². The lowest BCUT2D eigenvalue weighted by atomic mass is 10.2. The normalized spacial score (nSPS) is 15.8.